The number of carbonyl (C=O) groups excluding carboxylic acids is 1. The van der Waals surface area contributed by atoms with E-state index in [1.807, 2.05) is 89.2 Å². The molecule has 0 unspecified atom stereocenters. The number of nitrogens with one attached hydrogen (secondary N) is 1. The zero-order valence-corrected chi connectivity index (χ0v) is 15.4. The maximum absolute atomic E-state index is 13.0. The largest absolute Gasteiger partial charge is 0.306 e. The first-order valence-electron chi connectivity index (χ1n) is 8.84. The SMILES string of the molecule is O=C(Nc1c2c(nn1-c1ccccc1)CSC2)c1ccc2ccccc2c1. The van der Waals surface area contributed by atoms with Gasteiger partial charge in [-0.05, 0) is 35.0 Å². The topological polar surface area (TPSA) is 46.9 Å². The van der Waals surface area contributed by atoms with E-state index in [1.165, 1.54) is 0 Å². The maximum Gasteiger partial charge on any atom is 0.256 e. The molecule has 1 amide bonds. The molecule has 4 nitrogen and oxygen atoms in total. The summed E-state index contributed by atoms with van der Waals surface area (Å²) in [6, 6.07) is 23.8. The van der Waals surface area contributed by atoms with Crippen molar-refractivity contribution in [3.63, 3.8) is 0 Å². The van der Waals surface area contributed by atoms with Crippen molar-refractivity contribution in [1.82, 2.24) is 9.78 Å². The summed E-state index contributed by atoms with van der Waals surface area (Å²) in [7, 11) is 0. The highest BCUT2D eigenvalue weighted by Gasteiger charge is 2.25. The zero-order chi connectivity index (χ0) is 18.2. The predicted molar refractivity (Wildman–Crippen MR) is 110 cm³/mol. The van der Waals surface area contributed by atoms with Crippen molar-refractivity contribution in [3.8, 4) is 5.69 Å². The smallest absolute Gasteiger partial charge is 0.256 e. The van der Waals surface area contributed by atoms with Gasteiger partial charge in [0.1, 0.15) is 5.82 Å². The summed E-state index contributed by atoms with van der Waals surface area (Å²) >= 11 is 1.83. The summed E-state index contributed by atoms with van der Waals surface area (Å²) in [5.74, 6) is 2.42. The Morgan fingerprint density at radius 2 is 1.70 bits per heavy atom. The molecule has 4 aromatic rings. The first-order valence-corrected chi connectivity index (χ1v) is 9.99. The van der Waals surface area contributed by atoms with E-state index in [-0.39, 0.29) is 5.91 Å². The summed E-state index contributed by atoms with van der Waals surface area (Å²) in [5, 5.41) is 10.0. The number of fused-ring (bicyclic) bond motifs is 2. The molecule has 0 atom stereocenters. The van der Waals surface area contributed by atoms with Crippen LogP contribution in [-0.2, 0) is 11.5 Å². The van der Waals surface area contributed by atoms with Gasteiger partial charge in [0, 0.05) is 22.6 Å². The van der Waals surface area contributed by atoms with Crippen LogP contribution in [0.3, 0.4) is 0 Å². The number of amides is 1. The molecule has 0 spiro atoms. The Balaban J connectivity index is 1.53. The number of thioether (sulfide) groups is 1. The quantitative estimate of drug-likeness (QED) is 0.550. The van der Waals surface area contributed by atoms with Crippen molar-refractivity contribution in [2.24, 2.45) is 0 Å². The van der Waals surface area contributed by atoms with E-state index >= 15 is 0 Å². The molecule has 0 fully saturated rings. The molecule has 0 radical (unpaired) electrons. The van der Waals surface area contributed by atoms with Gasteiger partial charge in [-0.1, -0.05) is 48.5 Å². The Bertz CT molecular complexity index is 1150. The third-order valence-corrected chi connectivity index (χ3v) is 5.77. The van der Waals surface area contributed by atoms with E-state index < -0.39 is 0 Å². The molecule has 0 aliphatic carbocycles. The Hall–Kier alpha value is -3.05. The second-order valence-electron chi connectivity index (χ2n) is 6.53. The standard InChI is InChI=1S/C22H17N3OS/c26-22(17-11-10-15-6-4-5-7-16(15)12-17)23-21-19-13-27-14-20(19)24-25(21)18-8-2-1-3-9-18/h1-12H,13-14H2,(H,23,26). The van der Waals surface area contributed by atoms with E-state index in [0.717, 1.165) is 45.0 Å². The van der Waals surface area contributed by atoms with E-state index in [4.69, 9.17) is 5.10 Å². The molecule has 5 heteroatoms. The second kappa shape index (κ2) is 6.59. The van der Waals surface area contributed by atoms with E-state index in [9.17, 15) is 4.79 Å². The summed E-state index contributed by atoms with van der Waals surface area (Å²) in [5.41, 5.74) is 3.77. The fraction of sp³-hybridized carbons (Fsp3) is 0.0909. The lowest BCUT2D eigenvalue weighted by Gasteiger charge is -2.11. The van der Waals surface area contributed by atoms with Gasteiger partial charge < -0.3 is 5.32 Å². The van der Waals surface area contributed by atoms with Gasteiger partial charge in [-0.3, -0.25) is 4.79 Å². The lowest BCUT2D eigenvalue weighted by molar-refractivity contribution is 0.102. The number of hydrogen-bond acceptors (Lipinski definition) is 3. The third kappa shape index (κ3) is 2.90. The summed E-state index contributed by atoms with van der Waals surface area (Å²) in [6.07, 6.45) is 0. The van der Waals surface area contributed by atoms with Crippen LogP contribution in [0.1, 0.15) is 21.6 Å². The summed E-state index contributed by atoms with van der Waals surface area (Å²) < 4.78 is 1.85. The van der Waals surface area contributed by atoms with E-state index in [1.54, 1.807) is 0 Å². The highest BCUT2D eigenvalue weighted by atomic mass is 32.2. The first-order chi connectivity index (χ1) is 13.3. The Morgan fingerprint density at radius 3 is 2.56 bits per heavy atom. The fourth-order valence-electron chi connectivity index (χ4n) is 3.41. The van der Waals surface area contributed by atoms with Gasteiger partial charge in [0.2, 0.25) is 0 Å². The van der Waals surface area contributed by atoms with Crippen molar-refractivity contribution in [2.45, 2.75) is 11.5 Å². The molecule has 1 aliphatic heterocycles. The number of nitrogens with zero attached hydrogens (tertiary/aromatic N) is 2. The van der Waals surface area contributed by atoms with Gasteiger partial charge in [-0.2, -0.15) is 16.9 Å². The van der Waals surface area contributed by atoms with E-state index in [0.29, 0.717) is 5.56 Å². The molecule has 3 aromatic carbocycles. The molecule has 27 heavy (non-hydrogen) atoms. The highest BCUT2D eigenvalue weighted by Crippen LogP contribution is 2.36. The number of carbonyl (C=O) groups is 1. The van der Waals surface area contributed by atoms with Crippen LogP contribution in [0, 0.1) is 0 Å². The third-order valence-electron chi connectivity index (χ3n) is 4.80. The van der Waals surface area contributed by atoms with Crippen LogP contribution in [0.5, 0.6) is 0 Å². The minimum Gasteiger partial charge on any atom is -0.306 e. The molecule has 0 saturated heterocycles. The Labute approximate surface area is 161 Å². The minimum atomic E-state index is -0.113. The lowest BCUT2D eigenvalue weighted by atomic mass is 10.1. The van der Waals surface area contributed by atoms with Gasteiger partial charge in [-0.15, -0.1) is 0 Å². The number of para-hydroxylation sites is 1. The minimum absolute atomic E-state index is 0.113. The number of rotatable bonds is 3. The number of aromatic nitrogens is 2. The first kappa shape index (κ1) is 16.1. The number of benzene rings is 3. The average molecular weight is 371 g/mol. The molecular weight excluding hydrogens is 354 g/mol. The average Bonchev–Trinajstić information content (AvgIpc) is 3.31. The monoisotopic (exact) mass is 371 g/mol. The van der Waals surface area contributed by atoms with Crippen molar-refractivity contribution in [2.75, 3.05) is 5.32 Å². The number of anilines is 1. The van der Waals surface area contributed by atoms with Crippen LogP contribution in [0.4, 0.5) is 5.82 Å². The molecular formula is C22H17N3OS. The Morgan fingerprint density at radius 1 is 0.926 bits per heavy atom. The Kier molecular flexibility index (Phi) is 3.94. The van der Waals surface area contributed by atoms with Gasteiger partial charge in [0.25, 0.3) is 5.91 Å². The van der Waals surface area contributed by atoms with Crippen molar-refractivity contribution < 1.29 is 4.79 Å². The molecule has 2 heterocycles. The van der Waals surface area contributed by atoms with Gasteiger partial charge in [-0.25, -0.2) is 4.68 Å². The molecule has 5 rings (SSSR count). The van der Waals surface area contributed by atoms with Crippen molar-refractivity contribution in [3.05, 3.63) is 89.6 Å². The predicted octanol–water partition coefficient (Wildman–Crippen LogP) is 5.02. The van der Waals surface area contributed by atoms with Crippen LogP contribution in [0.25, 0.3) is 16.5 Å². The number of hydrogen-bond donors (Lipinski definition) is 1. The van der Waals surface area contributed by atoms with Crippen LogP contribution < -0.4 is 5.32 Å². The van der Waals surface area contributed by atoms with Crippen LogP contribution in [0.2, 0.25) is 0 Å². The van der Waals surface area contributed by atoms with E-state index in [2.05, 4.69) is 5.32 Å². The van der Waals surface area contributed by atoms with Gasteiger partial charge in [0.05, 0.1) is 11.4 Å². The molecule has 1 aromatic heterocycles. The van der Waals surface area contributed by atoms with Crippen LogP contribution >= 0.6 is 11.8 Å². The lowest BCUT2D eigenvalue weighted by Crippen LogP contribution is -2.16. The normalized spacial score (nSPS) is 12.9. The molecule has 1 N–H and O–H groups in total. The van der Waals surface area contributed by atoms with Crippen molar-refractivity contribution in [1.29, 1.82) is 0 Å². The van der Waals surface area contributed by atoms with Gasteiger partial charge >= 0.3 is 0 Å². The summed E-state index contributed by atoms with van der Waals surface area (Å²) in [6.45, 7) is 0. The fourth-order valence-corrected chi connectivity index (χ4v) is 4.44. The summed E-state index contributed by atoms with van der Waals surface area (Å²) in [4.78, 5) is 13.0. The van der Waals surface area contributed by atoms with Crippen LogP contribution in [0.15, 0.2) is 72.8 Å². The molecule has 132 valence electrons. The molecule has 0 bridgehead atoms. The molecule has 1 aliphatic rings. The zero-order valence-electron chi connectivity index (χ0n) is 14.6. The second-order valence-corrected chi connectivity index (χ2v) is 7.52. The van der Waals surface area contributed by atoms with Crippen LogP contribution in [-0.4, -0.2) is 15.7 Å². The maximum atomic E-state index is 13.0. The van der Waals surface area contributed by atoms with Crippen molar-refractivity contribution >= 4 is 34.3 Å². The highest BCUT2D eigenvalue weighted by molar-refractivity contribution is 7.98. The van der Waals surface area contributed by atoms with Gasteiger partial charge in [0.15, 0.2) is 0 Å². The molecule has 0 saturated carbocycles.